The largest absolute Gasteiger partial charge is 0.475 e. The van der Waals surface area contributed by atoms with Crippen molar-refractivity contribution in [1.82, 2.24) is 19.9 Å². The minimum absolute atomic E-state index is 0.0695. The molecule has 0 saturated heterocycles. The summed E-state index contributed by atoms with van der Waals surface area (Å²) in [5, 5.41) is 16.2. The molecular weight excluding hydrogens is 476 g/mol. The Morgan fingerprint density at radius 3 is 1.59 bits per heavy atom. The van der Waals surface area contributed by atoms with Crippen molar-refractivity contribution >= 4 is 33.9 Å². The quantitative estimate of drug-likeness (QED) is 0.126. The lowest BCUT2D eigenvalue weighted by molar-refractivity contribution is 0.141. The summed E-state index contributed by atoms with van der Waals surface area (Å²) in [6.07, 6.45) is 0. The highest BCUT2D eigenvalue weighted by atomic mass is 16.5. The first kappa shape index (κ1) is 24.2. The fourth-order valence-corrected chi connectivity index (χ4v) is 3.75. The van der Waals surface area contributed by atoms with Gasteiger partial charge < -0.3 is 33.3 Å². The normalized spacial score (nSPS) is 11.3. The molecule has 0 radical (unpaired) electrons. The van der Waals surface area contributed by atoms with Gasteiger partial charge in [0.05, 0.1) is 35.3 Å². The van der Waals surface area contributed by atoms with E-state index in [0.717, 1.165) is 22.1 Å². The van der Waals surface area contributed by atoms with Gasteiger partial charge in [0, 0.05) is 25.3 Å². The molecule has 190 valence electrons. The molecule has 0 aliphatic rings. The van der Waals surface area contributed by atoms with Gasteiger partial charge in [-0.05, 0) is 48.5 Å². The summed E-state index contributed by atoms with van der Waals surface area (Å²) in [5.41, 5.74) is 4.28. The van der Waals surface area contributed by atoms with E-state index in [-0.39, 0.29) is 11.8 Å². The van der Waals surface area contributed by atoms with Crippen LogP contribution in [0.25, 0.3) is 45.2 Å². The molecule has 0 spiro atoms. The number of methoxy groups -OCH3 is 2. The predicted octanol–water partition coefficient (Wildman–Crippen LogP) is 4.34. The number of aromatic nitrogens is 4. The van der Waals surface area contributed by atoms with Gasteiger partial charge in [0.2, 0.25) is 11.8 Å². The maximum absolute atomic E-state index is 8.11. The predicted molar refractivity (Wildman–Crippen MR) is 138 cm³/mol. The monoisotopic (exact) mass is 502 g/mol. The van der Waals surface area contributed by atoms with Crippen LogP contribution in [0.15, 0.2) is 52.9 Å². The van der Waals surface area contributed by atoms with Gasteiger partial charge in [-0.15, -0.1) is 0 Å². The van der Waals surface area contributed by atoms with E-state index in [2.05, 4.69) is 19.9 Å². The zero-order valence-corrected chi connectivity index (χ0v) is 20.4. The summed E-state index contributed by atoms with van der Waals surface area (Å²) in [6.45, 7) is 1.45. The number of H-pyrrole nitrogens is 2. The maximum atomic E-state index is 8.11. The van der Waals surface area contributed by atoms with Crippen molar-refractivity contribution in [3.05, 3.63) is 59.7 Å². The van der Waals surface area contributed by atoms with Crippen LogP contribution in [0.4, 0.5) is 0 Å². The van der Waals surface area contributed by atoms with Crippen molar-refractivity contribution < 1.29 is 23.4 Å². The van der Waals surface area contributed by atoms with Gasteiger partial charge in [-0.1, -0.05) is 0 Å². The number of nitrogens with zero attached hydrogens (tertiary/aromatic N) is 2. The molecule has 2 aromatic carbocycles. The number of imidazole rings is 2. The molecule has 0 unspecified atom stereocenters. The minimum Gasteiger partial charge on any atom is -0.475 e. The number of fused-ring (bicyclic) bond motifs is 2. The van der Waals surface area contributed by atoms with Crippen molar-refractivity contribution in [3.8, 4) is 23.2 Å². The first-order valence-corrected chi connectivity index (χ1v) is 11.6. The summed E-state index contributed by atoms with van der Waals surface area (Å²) in [4.78, 5) is 15.7. The molecule has 0 fully saturated rings. The Kier molecular flexibility index (Phi) is 6.97. The molecule has 5 rings (SSSR count). The Morgan fingerprint density at radius 1 is 0.703 bits per heavy atom. The zero-order chi connectivity index (χ0) is 25.8. The highest BCUT2D eigenvalue weighted by molar-refractivity contribution is 5.96. The van der Waals surface area contributed by atoms with E-state index >= 15 is 0 Å². The van der Waals surface area contributed by atoms with Crippen LogP contribution in [-0.2, 0) is 18.9 Å². The van der Waals surface area contributed by atoms with Crippen LogP contribution in [0.3, 0.4) is 0 Å². The fourth-order valence-electron chi connectivity index (χ4n) is 3.75. The number of furan rings is 1. The van der Waals surface area contributed by atoms with Crippen LogP contribution in [-0.4, -0.2) is 72.4 Å². The third-order valence-corrected chi connectivity index (χ3v) is 5.63. The van der Waals surface area contributed by atoms with Crippen molar-refractivity contribution in [2.24, 2.45) is 0 Å². The molecule has 0 bridgehead atoms. The molecule has 11 heteroatoms. The molecular formula is C26H26N6O5. The Balaban J connectivity index is 1.34. The highest BCUT2D eigenvalue weighted by Gasteiger charge is 2.15. The smallest absolute Gasteiger partial charge is 0.213 e. The van der Waals surface area contributed by atoms with E-state index < -0.39 is 0 Å². The zero-order valence-electron chi connectivity index (χ0n) is 20.4. The number of benzene rings is 2. The van der Waals surface area contributed by atoms with Crippen LogP contribution in [0.2, 0.25) is 0 Å². The average Bonchev–Trinajstić information content (AvgIpc) is 3.65. The molecule has 0 aliphatic carbocycles. The van der Waals surface area contributed by atoms with Gasteiger partial charge in [-0.3, -0.25) is 10.8 Å². The third-order valence-electron chi connectivity index (χ3n) is 5.63. The number of aromatic amines is 2. The summed E-state index contributed by atoms with van der Waals surface area (Å²) >= 11 is 0. The molecule has 3 heterocycles. The van der Waals surface area contributed by atoms with E-state index in [0.29, 0.717) is 60.7 Å². The number of hydrogen-bond donors (Lipinski definition) is 4. The summed E-state index contributed by atoms with van der Waals surface area (Å²) in [6, 6.07) is 14.5. The second-order valence-corrected chi connectivity index (χ2v) is 8.14. The lowest BCUT2D eigenvalue weighted by Gasteiger charge is -2.06. The average molecular weight is 503 g/mol. The van der Waals surface area contributed by atoms with Crippen molar-refractivity contribution in [1.29, 1.82) is 10.8 Å². The van der Waals surface area contributed by atoms with Gasteiger partial charge in [0.15, 0.2) is 23.2 Å². The van der Waals surface area contributed by atoms with Crippen molar-refractivity contribution in [3.63, 3.8) is 0 Å². The number of hydrogen-bond acceptors (Lipinski definition) is 9. The third kappa shape index (κ3) is 5.22. The number of rotatable bonds is 10. The first-order valence-electron chi connectivity index (χ1n) is 11.6. The molecule has 37 heavy (non-hydrogen) atoms. The maximum Gasteiger partial charge on any atom is 0.213 e. The molecule has 0 atom stereocenters. The molecule has 5 aromatic rings. The SMILES string of the molecule is COCCOC(=N)c1ccc2nc(-c3ccc(-c4nc5ccc(C(=N)OCCOC)cc5[nH]4)o3)[nH]c2c1. The van der Waals surface area contributed by atoms with Gasteiger partial charge >= 0.3 is 0 Å². The molecule has 0 aliphatic heterocycles. The highest BCUT2D eigenvalue weighted by Crippen LogP contribution is 2.29. The second-order valence-electron chi connectivity index (χ2n) is 8.14. The topological polar surface area (TPSA) is 155 Å². The Labute approximate surface area is 211 Å². The van der Waals surface area contributed by atoms with Crippen molar-refractivity contribution in [2.45, 2.75) is 0 Å². The van der Waals surface area contributed by atoms with E-state index in [1.165, 1.54) is 0 Å². The number of nitrogens with one attached hydrogen (secondary N) is 4. The van der Waals surface area contributed by atoms with E-state index in [9.17, 15) is 0 Å². The van der Waals surface area contributed by atoms with Crippen LogP contribution < -0.4 is 0 Å². The molecule has 11 nitrogen and oxygen atoms in total. The Bertz CT molecular complexity index is 1450. The van der Waals surface area contributed by atoms with E-state index in [4.69, 9.17) is 34.2 Å². The Hall–Kier alpha value is -4.48. The first-order chi connectivity index (χ1) is 18.1. The van der Waals surface area contributed by atoms with Gasteiger partial charge in [-0.25, -0.2) is 9.97 Å². The van der Waals surface area contributed by atoms with Crippen molar-refractivity contribution in [2.75, 3.05) is 40.6 Å². The summed E-state index contributed by atoms with van der Waals surface area (Å²) < 4.78 is 26.8. The summed E-state index contributed by atoms with van der Waals surface area (Å²) in [7, 11) is 3.18. The molecule has 4 N–H and O–H groups in total. The standard InChI is InChI=1S/C26H26N6O5/c1-33-9-11-35-23(27)15-3-5-17-19(13-15)31-25(29-17)21-7-8-22(37-21)26-30-18-6-4-16(14-20(18)32-26)24(28)36-12-10-34-2/h3-8,13-14,27-28H,9-12H2,1-2H3,(H,29,31)(H,30,32). The summed E-state index contributed by atoms with van der Waals surface area (Å²) in [5.74, 6) is 2.36. The van der Waals surface area contributed by atoms with Crippen LogP contribution >= 0.6 is 0 Å². The van der Waals surface area contributed by atoms with Crippen LogP contribution in [0, 0.1) is 10.8 Å². The van der Waals surface area contributed by atoms with E-state index in [1.54, 1.807) is 26.4 Å². The van der Waals surface area contributed by atoms with E-state index in [1.807, 2.05) is 36.4 Å². The lowest BCUT2D eigenvalue weighted by Crippen LogP contribution is -2.09. The minimum atomic E-state index is 0.0695. The van der Waals surface area contributed by atoms with Crippen LogP contribution in [0.1, 0.15) is 11.1 Å². The second kappa shape index (κ2) is 10.6. The molecule has 0 amide bonds. The van der Waals surface area contributed by atoms with Gasteiger partial charge in [0.25, 0.3) is 0 Å². The van der Waals surface area contributed by atoms with Crippen LogP contribution in [0.5, 0.6) is 0 Å². The number of ether oxygens (including phenoxy) is 4. The van der Waals surface area contributed by atoms with Gasteiger partial charge in [0.1, 0.15) is 13.2 Å². The van der Waals surface area contributed by atoms with Gasteiger partial charge in [-0.2, -0.15) is 0 Å². The lowest BCUT2D eigenvalue weighted by atomic mass is 10.2. The molecule has 3 aromatic heterocycles. The Morgan fingerprint density at radius 2 is 1.16 bits per heavy atom. The fraction of sp³-hybridized carbons (Fsp3) is 0.231. The molecule has 0 saturated carbocycles.